The Hall–Kier alpha value is -0.660. The van der Waals surface area contributed by atoms with Crippen LogP contribution >= 0.6 is 0 Å². The molecule has 0 aromatic rings. The van der Waals surface area contributed by atoms with Crippen LogP contribution in [-0.4, -0.2) is 29.1 Å². The lowest BCUT2D eigenvalue weighted by atomic mass is 10.1. The minimum absolute atomic E-state index is 0.644. The van der Waals surface area contributed by atoms with Crippen LogP contribution in [0.15, 0.2) is 12.4 Å². The molecule has 0 aliphatic carbocycles. The summed E-state index contributed by atoms with van der Waals surface area (Å²) in [6.07, 6.45) is 29.2. The topological polar surface area (TPSA) is 6.48 Å². The van der Waals surface area contributed by atoms with Crippen LogP contribution in [0.4, 0.5) is 0 Å². The molecule has 0 fully saturated rings. The predicted octanol–water partition coefficient (Wildman–Crippen LogP) is 8.09. The first-order chi connectivity index (χ1) is 13.3. The van der Waals surface area contributed by atoms with E-state index in [0.29, 0.717) is 6.17 Å². The average Bonchev–Trinajstić information content (AvgIpc) is 3.05. The Labute approximate surface area is 171 Å². The molecule has 1 rings (SSSR count). The molecule has 1 atom stereocenters. The smallest absolute Gasteiger partial charge is 0.101 e. The van der Waals surface area contributed by atoms with Crippen molar-refractivity contribution >= 4 is 0 Å². The lowest BCUT2D eigenvalue weighted by Gasteiger charge is -2.33. The van der Waals surface area contributed by atoms with E-state index in [2.05, 4.69) is 43.0 Å². The third-order valence-electron chi connectivity index (χ3n) is 6.03. The predicted molar refractivity (Wildman–Crippen MR) is 122 cm³/mol. The second-order valence-corrected chi connectivity index (χ2v) is 8.64. The first-order valence-electron chi connectivity index (χ1n) is 12.5. The fourth-order valence-electron chi connectivity index (χ4n) is 4.31. The quantitative estimate of drug-likeness (QED) is 0.209. The monoisotopic (exact) mass is 378 g/mol. The highest BCUT2D eigenvalue weighted by atomic mass is 15.4. The normalized spacial score (nSPS) is 16.6. The van der Waals surface area contributed by atoms with E-state index in [1.54, 1.807) is 0 Å². The summed E-state index contributed by atoms with van der Waals surface area (Å²) in [6, 6.07) is 0. The molecule has 1 heterocycles. The van der Waals surface area contributed by atoms with E-state index in [4.69, 9.17) is 0 Å². The summed E-state index contributed by atoms with van der Waals surface area (Å²) in [5.41, 5.74) is 0. The van der Waals surface area contributed by atoms with Crippen molar-refractivity contribution in [1.29, 1.82) is 0 Å². The highest BCUT2D eigenvalue weighted by molar-refractivity contribution is 4.96. The van der Waals surface area contributed by atoms with Gasteiger partial charge in [-0.15, -0.1) is 0 Å². The summed E-state index contributed by atoms with van der Waals surface area (Å²) in [6.45, 7) is 9.38. The lowest BCUT2D eigenvalue weighted by Crippen LogP contribution is -2.39. The summed E-state index contributed by atoms with van der Waals surface area (Å²) in [7, 11) is 0. The number of rotatable bonds is 19. The maximum atomic E-state index is 2.64. The largest absolute Gasteiger partial charge is 0.356 e. The van der Waals surface area contributed by atoms with Gasteiger partial charge in [-0.25, -0.2) is 0 Å². The summed E-state index contributed by atoms with van der Waals surface area (Å²) >= 11 is 0. The molecule has 0 aromatic carbocycles. The van der Waals surface area contributed by atoms with E-state index in [1.165, 1.54) is 122 Å². The van der Waals surface area contributed by atoms with Crippen LogP contribution in [0.25, 0.3) is 0 Å². The lowest BCUT2D eigenvalue weighted by molar-refractivity contribution is 0.137. The number of hydrogen-bond donors (Lipinski definition) is 0. The molecule has 0 aromatic heterocycles. The van der Waals surface area contributed by atoms with Crippen molar-refractivity contribution in [1.82, 2.24) is 9.80 Å². The molecule has 2 nitrogen and oxygen atoms in total. The Kier molecular flexibility index (Phi) is 15.7. The van der Waals surface area contributed by atoms with Gasteiger partial charge in [0.1, 0.15) is 6.17 Å². The Morgan fingerprint density at radius 1 is 0.481 bits per heavy atom. The molecule has 1 aliphatic heterocycles. The molecular weight excluding hydrogens is 328 g/mol. The van der Waals surface area contributed by atoms with Crippen LogP contribution in [0.1, 0.15) is 130 Å². The molecular formula is C25H50N2. The van der Waals surface area contributed by atoms with Gasteiger partial charge in [0.15, 0.2) is 0 Å². The second kappa shape index (κ2) is 17.4. The Morgan fingerprint density at radius 2 is 0.926 bits per heavy atom. The number of nitrogens with zero attached hydrogens (tertiary/aromatic N) is 2. The Bertz CT molecular complexity index is 339. The Morgan fingerprint density at radius 3 is 1.44 bits per heavy atom. The third kappa shape index (κ3) is 11.7. The average molecular weight is 379 g/mol. The van der Waals surface area contributed by atoms with E-state index < -0.39 is 0 Å². The molecule has 0 N–H and O–H groups in total. The third-order valence-corrected chi connectivity index (χ3v) is 6.03. The van der Waals surface area contributed by atoms with Gasteiger partial charge in [0.05, 0.1) is 0 Å². The molecule has 0 radical (unpaired) electrons. The van der Waals surface area contributed by atoms with Crippen molar-refractivity contribution in [3.63, 3.8) is 0 Å². The van der Waals surface area contributed by atoms with Crippen molar-refractivity contribution in [3.8, 4) is 0 Å². The van der Waals surface area contributed by atoms with Gasteiger partial charge < -0.3 is 9.80 Å². The van der Waals surface area contributed by atoms with Crippen LogP contribution < -0.4 is 0 Å². The van der Waals surface area contributed by atoms with Crippen molar-refractivity contribution < 1.29 is 0 Å². The summed E-state index contributed by atoms with van der Waals surface area (Å²) in [4.78, 5) is 5.23. The maximum Gasteiger partial charge on any atom is 0.101 e. The highest BCUT2D eigenvalue weighted by Crippen LogP contribution is 2.23. The molecule has 0 bridgehead atoms. The fraction of sp³-hybridized carbons (Fsp3) is 0.920. The molecule has 0 amide bonds. The van der Waals surface area contributed by atoms with Gasteiger partial charge in [-0.2, -0.15) is 0 Å². The standard InChI is InChI=1S/C25H50N2/c1-4-7-9-11-12-13-14-15-17-19-22-27-24-23-26(21-6-3)25(27)20-18-16-10-8-5-2/h23-25H,4-22H2,1-3H3. The summed E-state index contributed by atoms with van der Waals surface area (Å²) < 4.78 is 0. The molecule has 0 saturated carbocycles. The molecule has 0 saturated heterocycles. The van der Waals surface area contributed by atoms with Gasteiger partial charge in [0.25, 0.3) is 0 Å². The molecule has 0 spiro atoms. The van der Waals surface area contributed by atoms with Gasteiger partial charge in [-0.05, 0) is 25.7 Å². The van der Waals surface area contributed by atoms with E-state index in [9.17, 15) is 0 Å². The zero-order valence-corrected chi connectivity index (χ0v) is 19.1. The zero-order chi connectivity index (χ0) is 19.6. The molecule has 1 aliphatic rings. The minimum Gasteiger partial charge on any atom is -0.356 e. The minimum atomic E-state index is 0.644. The van der Waals surface area contributed by atoms with Crippen molar-refractivity contribution in [2.24, 2.45) is 0 Å². The molecule has 1 unspecified atom stereocenters. The fourth-order valence-corrected chi connectivity index (χ4v) is 4.31. The first-order valence-corrected chi connectivity index (χ1v) is 12.5. The molecule has 2 heteroatoms. The van der Waals surface area contributed by atoms with Crippen LogP contribution in [0.3, 0.4) is 0 Å². The Balaban J connectivity index is 2.12. The van der Waals surface area contributed by atoms with Crippen molar-refractivity contribution in [3.05, 3.63) is 12.4 Å². The van der Waals surface area contributed by atoms with Crippen molar-refractivity contribution in [2.45, 2.75) is 136 Å². The van der Waals surface area contributed by atoms with E-state index >= 15 is 0 Å². The van der Waals surface area contributed by atoms with E-state index in [0.717, 1.165) is 0 Å². The van der Waals surface area contributed by atoms with Crippen LogP contribution in [0.5, 0.6) is 0 Å². The summed E-state index contributed by atoms with van der Waals surface area (Å²) in [5.74, 6) is 0. The maximum absolute atomic E-state index is 2.64. The number of unbranched alkanes of at least 4 members (excludes halogenated alkanes) is 13. The number of hydrogen-bond acceptors (Lipinski definition) is 2. The van der Waals surface area contributed by atoms with Crippen LogP contribution in [0, 0.1) is 0 Å². The highest BCUT2D eigenvalue weighted by Gasteiger charge is 2.24. The molecule has 27 heavy (non-hydrogen) atoms. The van der Waals surface area contributed by atoms with Crippen LogP contribution in [-0.2, 0) is 0 Å². The van der Waals surface area contributed by atoms with Gasteiger partial charge in [-0.1, -0.05) is 104 Å². The van der Waals surface area contributed by atoms with Gasteiger partial charge in [-0.3, -0.25) is 0 Å². The van der Waals surface area contributed by atoms with E-state index in [1.807, 2.05) is 0 Å². The SMILES string of the molecule is CCCCCCCCCCCCN1C=CN(CCC)C1CCCCCCC. The van der Waals surface area contributed by atoms with E-state index in [-0.39, 0.29) is 0 Å². The van der Waals surface area contributed by atoms with Gasteiger partial charge in [0.2, 0.25) is 0 Å². The van der Waals surface area contributed by atoms with Crippen molar-refractivity contribution in [2.75, 3.05) is 13.1 Å². The zero-order valence-electron chi connectivity index (χ0n) is 19.1. The molecule has 160 valence electrons. The van der Waals surface area contributed by atoms with Gasteiger partial charge in [0, 0.05) is 25.5 Å². The van der Waals surface area contributed by atoms with Gasteiger partial charge >= 0.3 is 0 Å². The summed E-state index contributed by atoms with van der Waals surface area (Å²) in [5, 5.41) is 0. The van der Waals surface area contributed by atoms with Crippen LogP contribution in [0.2, 0.25) is 0 Å². The second-order valence-electron chi connectivity index (χ2n) is 8.64. The first kappa shape index (κ1) is 24.4.